The number of primary amides is 1. The van der Waals surface area contributed by atoms with E-state index in [2.05, 4.69) is 17.0 Å². The van der Waals surface area contributed by atoms with Crippen LogP contribution in [-0.4, -0.2) is 42.2 Å². The SMILES string of the molecule is NC(=O)C(c1ccccc1)(c1ccccc1)C1CCN(CCc2ccc3c(c2)C(O)CO3)C1. The van der Waals surface area contributed by atoms with Crippen molar-refractivity contribution in [3.8, 4) is 5.75 Å². The Balaban J connectivity index is 1.38. The smallest absolute Gasteiger partial charge is 0.232 e. The molecule has 1 fully saturated rings. The number of hydrogen-bond donors (Lipinski definition) is 2. The van der Waals surface area contributed by atoms with E-state index in [-0.39, 0.29) is 11.8 Å². The van der Waals surface area contributed by atoms with E-state index in [0.29, 0.717) is 6.61 Å². The maximum Gasteiger partial charge on any atom is 0.232 e. The van der Waals surface area contributed by atoms with E-state index in [9.17, 15) is 9.90 Å². The Hall–Kier alpha value is -3.15. The molecule has 2 aliphatic heterocycles. The average molecular weight is 443 g/mol. The molecule has 33 heavy (non-hydrogen) atoms. The highest BCUT2D eigenvalue weighted by Crippen LogP contribution is 2.43. The van der Waals surface area contributed by atoms with Crippen molar-refractivity contribution >= 4 is 5.91 Å². The Labute approximate surface area is 194 Å². The fraction of sp³-hybridized carbons (Fsp3) is 0.321. The summed E-state index contributed by atoms with van der Waals surface area (Å²) in [5.41, 5.74) is 9.34. The van der Waals surface area contributed by atoms with E-state index in [0.717, 1.165) is 54.9 Å². The Kier molecular flexibility index (Phi) is 5.92. The lowest BCUT2D eigenvalue weighted by molar-refractivity contribution is -0.123. The number of benzene rings is 3. The number of amides is 1. The number of likely N-dealkylation sites (tertiary alicyclic amines) is 1. The molecule has 0 aromatic heterocycles. The second-order valence-corrected chi connectivity index (χ2v) is 9.14. The first kappa shape index (κ1) is 21.7. The minimum atomic E-state index is -0.855. The number of aliphatic hydroxyl groups is 1. The molecular weight excluding hydrogens is 412 g/mol. The van der Waals surface area contributed by atoms with E-state index in [1.165, 1.54) is 5.56 Å². The number of ether oxygens (including phenoxy) is 1. The van der Waals surface area contributed by atoms with Crippen molar-refractivity contribution in [3.63, 3.8) is 0 Å². The van der Waals surface area contributed by atoms with Gasteiger partial charge >= 0.3 is 0 Å². The molecule has 0 aliphatic carbocycles. The number of nitrogens with two attached hydrogens (primary N) is 1. The molecule has 3 aromatic rings. The van der Waals surface area contributed by atoms with E-state index in [1.807, 2.05) is 66.7 Å². The number of fused-ring (bicyclic) bond motifs is 1. The predicted octanol–water partition coefficient (Wildman–Crippen LogP) is 3.45. The molecule has 3 aromatic carbocycles. The Morgan fingerprint density at radius 2 is 1.70 bits per heavy atom. The summed E-state index contributed by atoms with van der Waals surface area (Å²) >= 11 is 0. The highest BCUT2D eigenvalue weighted by Gasteiger charge is 2.49. The van der Waals surface area contributed by atoms with Gasteiger partial charge in [-0.15, -0.1) is 0 Å². The first-order valence-corrected chi connectivity index (χ1v) is 11.7. The van der Waals surface area contributed by atoms with Gasteiger partial charge in [0, 0.05) is 18.7 Å². The first-order chi connectivity index (χ1) is 16.1. The van der Waals surface area contributed by atoms with Crippen molar-refractivity contribution in [2.45, 2.75) is 24.4 Å². The topological polar surface area (TPSA) is 75.8 Å². The molecule has 3 N–H and O–H groups in total. The number of nitrogens with zero attached hydrogens (tertiary/aromatic N) is 1. The fourth-order valence-electron chi connectivity index (χ4n) is 5.61. The van der Waals surface area contributed by atoms with Crippen LogP contribution >= 0.6 is 0 Å². The Morgan fingerprint density at radius 3 is 2.33 bits per heavy atom. The molecule has 1 amide bonds. The van der Waals surface area contributed by atoms with Crippen LogP contribution in [-0.2, 0) is 16.6 Å². The van der Waals surface area contributed by atoms with Crippen LogP contribution in [0.4, 0.5) is 0 Å². The van der Waals surface area contributed by atoms with E-state index < -0.39 is 11.5 Å². The summed E-state index contributed by atoms with van der Waals surface area (Å²) in [4.78, 5) is 15.6. The number of carbonyl (C=O) groups is 1. The molecule has 5 rings (SSSR count). The van der Waals surface area contributed by atoms with Crippen molar-refractivity contribution in [3.05, 3.63) is 101 Å². The summed E-state index contributed by atoms with van der Waals surface area (Å²) in [5, 5.41) is 10.1. The first-order valence-electron chi connectivity index (χ1n) is 11.7. The van der Waals surface area contributed by atoms with E-state index in [4.69, 9.17) is 10.5 Å². The van der Waals surface area contributed by atoms with Gasteiger partial charge in [-0.3, -0.25) is 4.79 Å². The van der Waals surface area contributed by atoms with Crippen molar-refractivity contribution in [2.75, 3.05) is 26.2 Å². The van der Waals surface area contributed by atoms with Crippen LogP contribution in [0.1, 0.15) is 34.8 Å². The lowest BCUT2D eigenvalue weighted by Crippen LogP contribution is -2.49. The van der Waals surface area contributed by atoms with Crippen LogP contribution in [0, 0.1) is 5.92 Å². The summed E-state index contributed by atoms with van der Waals surface area (Å²) in [6.45, 7) is 2.96. The largest absolute Gasteiger partial charge is 0.490 e. The van der Waals surface area contributed by atoms with Gasteiger partial charge in [-0.1, -0.05) is 66.7 Å². The number of carbonyl (C=O) groups excluding carboxylic acids is 1. The standard InChI is InChI=1S/C28H30N2O3/c29-27(32)28(21-7-3-1-4-8-21,22-9-5-2-6-10-22)23-14-16-30(18-23)15-13-20-11-12-26-24(17-20)25(31)19-33-26/h1-12,17,23,25,31H,13-16,18-19H2,(H2,29,32). The van der Waals surface area contributed by atoms with Gasteiger partial charge in [-0.25, -0.2) is 0 Å². The maximum absolute atomic E-state index is 13.2. The molecule has 0 saturated carbocycles. The van der Waals surface area contributed by atoms with Crippen LogP contribution in [0.5, 0.6) is 5.75 Å². The van der Waals surface area contributed by atoms with Crippen LogP contribution in [0.2, 0.25) is 0 Å². The number of rotatable bonds is 7. The molecule has 0 spiro atoms. The molecule has 2 heterocycles. The fourth-order valence-corrected chi connectivity index (χ4v) is 5.61. The van der Waals surface area contributed by atoms with E-state index >= 15 is 0 Å². The van der Waals surface area contributed by atoms with Gasteiger partial charge in [0.1, 0.15) is 23.9 Å². The maximum atomic E-state index is 13.2. The zero-order valence-corrected chi connectivity index (χ0v) is 18.7. The summed E-state index contributed by atoms with van der Waals surface area (Å²) < 4.78 is 5.50. The summed E-state index contributed by atoms with van der Waals surface area (Å²) in [5.74, 6) is 0.582. The molecule has 1 saturated heterocycles. The summed E-state index contributed by atoms with van der Waals surface area (Å²) in [7, 11) is 0. The molecule has 5 heteroatoms. The third kappa shape index (κ3) is 3.92. The quantitative estimate of drug-likeness (QED) is 0.588. The lowest BCUT2D eigenvalue weighted by Gasteiger charge is -2.37. The molecule has 2 atom stereocenters. The molecule has 170 valence electrons. The molecule has 2 unspecified atom stereocenters. The third-order valence-corrected chi connectivity index (χ3v) is 7.28. The third-order valence-electron chi connectivity index (χ3n) is 7.28. The van der Waals surface area contributed by atoms with Crippen molar-refractivity contribution in [1.29, 1.82) is 0 Å². The van der Waals surface area contributed by atoms with Crippen molar-refractivity contribution in [1.82, 2.24) is 4.90 Å². The van der Waals surface area contributed by atoms with Gasteiger partial charge < -0.3 is 20.5 Å². The molecule has 0 bridgehead atoms. The highest BCUT2D eigenvalue weighted by atomic mass is 16.5. The summed E-state index contributed by atoms with van der Waals surface area (Å²) in [6.07, 6.45) is 1.25. The highest BCUT2D eigenvalue weighted by molar-refractivity contribution is 5.91. The Bertz CT molecular complexity index is 1080. The minimum absolute atomic E-state index is 0.0926. The van der Waals surface area contributed by atoms with Crippen LogP contribution in [0.15, 0.2) is 78.9 Å². The average Bonchev–Trinajstić information content (AvgIpc) is 3.46. The van der Waals surface area contributed by atoms with Gasteiger partial charge in [0.2, 0.25) is 5.91 Å². The van der Waals surface area contributed by atoms with Gasteiger partial charge in [-0.2, -0.15) is 0 Å². The lowest BCUT2D eigenvalue weighted by atomic mass is 9.64. The monoisotopic (exact) mass is 442 g/mol. The van der Waals surface area contributed by atoms with Gasteiger partial charge in [0.15, 0.2) is 0 Å². The van der Waals surface area contributed by atoms with E-state index in [1.54, 1.807) is 0 Å². The van der Waals surface area contributed by atoms with Crippen LogP contribution in [0.3, 0.4) is 0 Å². The van der Waals surface area contributed by atoms with Crippen LogP contribution < -0.4 is 10.5 Å². The minimum Gasteiger partial charge on any atom is -0.490 e. The molecule has 2 aliphatic rings. The molecule has 5 nitrogen and oxygen atoms in total. The molecular formula is C28H30N2O3. The Morgan fingerprint density at radius 1 is 1.03 bits per heavy atom. The van der Waals surface area contributed by atoms with Gasteiger partial charge in [-0.05, 0) is 54.1 Å². The zero-order chi connectivity index (χ0) is 22.8. The second kappa shape index (κ2) is 9.00. The van der Waals surface area contributed by atoms with Gasteiger partial charge in [0.25, 0.3) is 0 Å². The van der Waals surface area contributed by atoms with Crippen molar-refractivity contribution < 1.29 is 14.6 Å². The second-order valence-electron chi connectivity index (χ2n) is 9.14. The molecule has 0 radical (unpaired) electrons. The van der Waals surface area contributed by atoms with Crippen LogP contribution in [0.25, 0.3) is 0 Å². The number of hydrogen-bond acceptors (Lipinski definition) is 4. The van der Waals surface area contributed by atoms with Gasteiger partial charge in [0.05, 0.1) is 0 Å². The zero-order valence-electron chi connectivity index (χ0n) is 18.7. The summed E-state index contributed by atoms with van der Waals surface area (Å²) in [6, 6.07) is 26.1. The normalized spacial score (nSPS) is 20.4. The van der Waals surface area contributed by atoms with Crippen molar-refractivity contribution in [2.24, 2.45) is 11.7 Å². The number of aliphatic hydroxyl groups excluding tert-OH is 1. The predicted molar refractivity (Wildman–Crippen MR) is 128 cm³/mol.